The molecule has 1 rings (SSSR count). The molecule has 6 nitrogen and oxygen atoms in total. The first-order chi connectivity index (χ1) is 8.37. The third-order valence-electron chi connectivity index (χ3n) is 2.37. The second-order valence-electron chi connectivity index (χ2n) is 4.12. The van der Waals surface area contributed by atoms with Crippen LogP contribution in [0.3, 0.4) is 0 Å². The molecule has 0 saturated carbocycles. The van der Waals surface area contributed by atoms with E-state index in [2.05, 4.69) is 4.72 Å². The van der Waals surface area contributed by atoms with Crippen molar-refractivity contribution in [1.29, 1.82) is 5.26 Å². The minimum Gasteiger partial charge on any atom is -0.394 e. The smallest absolute Gasteiger partial charge is 0.241 e. The normalized spacial score (nSPS) is 12.1. The van der Waals surface area contributed by atoms with E-state index in [1.165, 1.54) is 31.2 Å². The topological polar surface area (TPSA) is 110 Å². The maximum absolute atomic E-state index is 11.9. The number of benzene rings is 1. The molecule has 0 unspecified atom stereocenters. The van der Waals surface area contributed by atoms with E-state index in [0.717, 1.165) is 0 Å². The Hall–Kier alpha value is -1.46. The van der Waals surface area contributed by atoms with Crippen LogP contribution in [-0.4, -0.2) is 37.4 Å². The zero-order chi connectivity index (χ0) is 13.8. The third-order valence-corrected chi connectivity index (χ3v) is 4.03. The minimum atomic E-state index is -3.85. The van der Waals surface area contributed by atoms with Crippen LogP contribution in [-0.2, 0) is 10.0 Å². The summed E-state index contributed by atoms with van der Waals surface area (Å²) in [6.07, 6.45) is 0. The van der Waals surface area contributed by atoms with E-state index in [1.54, 1.807) is 0 Å². The monoisotopic (exact) mass is 270 g/mol. The Kier molecular flexibility index (Phi) is 4.43. The highest BCUT2D eigenvalue weighted by atomic mass is 32.2. The van der Waals surface area contributed by atoms with Gasteiger partial charge in [0.25, 0.3) is 0 Å². The first kappa shape index (κ1) is 14.6. The minimum absolute atomic E-state index is 0.0328. The zero-order valence-electron chi connectivity index (χ0n) is 9.79. The molecular formula is C11H14N2O4S. The molecule has 3 N–H and O–H groups in total. The van der Waals surface area contributed by atoms with Gasteiger partial charge in [0.2, 0.25) is 10.0 Å². The molecule has 0 atom stereocenters. The first-order valence-electron chi connectivity index (χ1n) is 5.13. The van der Waals surface area contributed by atoms with Crippen LogP contribution in [0.2, 0.25) is 0 Å². The number of aliphatic hydroxyl groups excluding tert-OH is 2. The van der Waals surface area contributed by atoms with Gasteiger partial charge >= 0.3 is 0 Å². The van der Waals surface area contributed by atoms with Gasteiger partial charge in [0, 0.05) is 0 Å². The number of hydrogen-bond acceptors (Lipinski definition) is 5. The van der Waals surface area contributed by atoms with Crippen molar-refractivity contribution in [2.75, 3.05) is 13.2 Å². The Labute approximate surface area is 106 Å². The fourth-order valence-electron chi connectivity index (χ4n) is 1.21. The van der Waals surface area contributed by atoms with E-state index in [-0.39, 0.29) is 4.90 Å². The number of hydrogen-bond donors (Lipinski definition) is 3. The molecule has 0 radical (unpaired) electrons. The van der Waals surface area contributed by atoms with Gasteiger partial charge in [-0.15, -0.1) is 0 Å². The maximum Gasteiger partial charge on any atom is 0.241 e. The predicted octanol–water partition coefficient (Wildman–Crippen LogP) is -0.420. The SMILES string of the molecule is CC(CO)(CO)NS(=O)(=O)c1ccc(C#N)cc1. The van der Waals surface area contributed by atoms with Crippen molar-refractivity contribution in [2.45, 2.75) is 17.4 Å². The molecule has 0 spiro atoms. The van der Waals surface area contributed by atoms with Crippen LogP contribution in [0.15, 0.2) is 29.2 Å². The van der Waals surface area contributed by atoms with Crippen molar-refractivity contribution in [3.05, 3.63) is 29.8 Å². The molecule has 0 fully saturated rings. The van der Waals surface area contributed by atoms with Crippen molar-refractivity contribution < 1.29 is 18.6 Å². The highest BCUT2D eigenvalue weighted by Gasteiger charge is 2.29. The van der Waals surface area contributed by atoms with Gasteiger partial charge in [-0.05, 0) is 31.2 Å². The van der Waals surface area contributed by atoms with E-state index in [4.69, 9.17) is 15.5 Å². The molecule has 0 saturated heterocycles. The predicted molar refractivity (Wildman–Crippen MR) is 64.1 cm³/mol. The second-order valence-corrected chi connectivity index (χ2v) is 5.80. The molecule has 0 aliphatic carbocycles. The standard InChI is InChI=1S/C11H14N2O4S/c1-11(7-14,8-15)13-18(16,17)10-4-2-9(6-12)3-5-10/h2-5,13-15H,7-8H2,1H3. The van der Waals surface area contributed by atoms with Gasteiger partial charge in [0.1, 0.15) is 0 Å². The van der Waals surface area contributed by atoms with E-state index in [0.29, 0.717) is 5.56 Å². The third kappa shape index (κ3) is 3.27. The number of aliphatic hydroxyl groups is 2. The summed E-state index contributed by atoms with van der Waals surface area (Å²) in [7, 11) is -3.85. The van der Waals surface area contributed by atoms with Crippen LogP contribution < -0.4 is 4.72 Å². The molecule has 0 aliphatic heterocycles. The van der Waals surface area contributed by atoms with E-state index in [9.17, 15) is 8.42 Å². The van der Waals surface area contributed by atoms with Gasteiger partial charge < -0.3 is 10.2 Å². The summed E-state index contributed by atoms with van der Waals surface area (Å²) in [4.78, 5) is -0.0328. The van der Waals surface area contributed by atoms with Crippen molar-refractivity contribution in [3.8, 4) is 6.07 Å². The van der Waals surface area contributed by atoms with Crippen molar-refractivity contribution >= 4 is 10.0 Å². The average Bonchev–Trinajstić information content (AvgIpc) is 2.38. The van der Waals surface area contributed by atoms with Crippen LogP contribution in [0.25, 0.3) is 0 Å². The Morgan fingerprint density at radius 2 is 1.78 bits per heavy atom. The summed E-state index contributed by atoms with van der Waals surface area (Å²) in [5.74, 6) is 0. The summed E-state index contributed by atoms with van der Waals surface area (Å²) in [5.41, 5.74) is -0.978. The molecule has 0 aromatic heterocycles. The lowest BCUT2D eigenvalue weighted by molar-refractivity contribution is 0.122. The van der Waals surface area contributed by atoms with Crippen LogP contribution in [0.1, 0.15) is 12.5 Å². The van der Waals surface area contributed by atoms with Crippen molar-refractivity contribution in [3.63, 3.8) is 0 Å². The molecule has 1 aromatic carbocycles. The average molecular weight is 270 g/mol. The van der Waals surface area contributed by atoms with Gasteiger partial charge in [-0.3, -0.25) is 0 Å². The summed E-state index contributed by atoms with van der Waals surface area (Å²) in [6.45, 7) is 0.326. The summed E-state index contributed by atoms with van der Waals surface area (Å²) < 4.78 is 26.1. The van der Waals surface area contributed by atoms with E-state index in [1.807, 2.05) is 6.07 Å². The molecule has 0 amide bonds. The highest BCUT2D eigenvalue weighted by molar-refractivity contribution is 7.89. The van der Waals surface area contributed by atoms with Crippen LogP contribution in [0.4, 0.5) is 0 Å². The second kappa shape index (κ2) is 5.46. The highest BCUT2D eigenvalue weighted by Crippen LogP contribution is 2.13. The number of nitrogens with zero attached hydrogens (tertiary/aromatic N) is 1. The molecule has 1 aromatic rings. The van der Waals surface area contributed by atoms with Gasteiger partial charge in [0.15, 0.2) is 0 Å². The zero-order valence-corrected chi connectivity index (χ0v) is 10.6. The largest absolute Gasteiger partial charge is 0.394 e. The quantitative estimate of drug-likeness (QED) is 0.673. The Bertz CT molecular complexity index is 541. The summed E-state index contributed by atoms with van der Waals surface area (Å²) in [5, 5.41) is 26.7. The molecule has 0 aliphatic rings. The van der Waals surface area contributed by atoms with Crippen molar-refractivity contribution in [1.82, 2.24) is 4.72 Å². The van der Waals surface area contributed by atoms with E-state index < -0.39 is 28.8 Å². The summed E-state index contributed by atoms with van der Waals surface area (Å²) in [6, 6.07) is 7.21. The Morgan fingerprint density at radius 1 is 1.28 bits per heavy atom. The first-order valence-corrected chi connectivity index (χ1v) is 6.61. The molecule has 7 heteroatoms. The van der Waals surface area contributed by atoms with Gasteiger partial charge in [-0.1, -0.05) is 0 Å². The lowest BCUT2D eigenvalue weighted by Crippen LogP contribution is -2.51. The number of sulfonamides is 1. The fraction of sp³-hybridized carbons (Fsp3) is 0.364. The van der Waals surface area contributed by atoms with Crippen LogP contribution in [0, 0.1) is 11.3 Å². The lowest BCUT2D eigenvalue weighted by Gasteiger charge is -2.25. The van der Waals surface area contributed by atoms with Gasteiger partial charge in [-0.2, -0.15) is 5.26 Å². The fourth-order valence-corrected chi connectivity index (χ4v) is 2.60. The summed E-state index contributed by atoms with van der Waals surface area (Å²) >= 11 is 0. The maximum atomic E-state index is 11.9. The molecule has 98 valence electrons. The number of nitrogens with one attached hydrogen (secondary N) is 1. The molecular weight excluding hydrogens is 256 g/mol. The molecule has 0 bridgehead atoms. The number of rotatable bonds is 5. The van der Waals surface area contributed by atoms with Crippen LogP contribution >= 0.6 is 0 Å². The number of nitriles is 1. The Morgan fingerprint density at radius 3 is 2.17 bits per heavy atom. The van der Waals surface area contributed by atoms with Gasteiger partial charge in [0.05, 0.1) is 35.3 Å². The van der Waals surface area contributed by atoms with Crippen LogP contribution in [0.5, 0.6) is 0 Å². The van der Waals surface area contributed by atoms with Crippen molar-refractivity contribution in [2.24, 2.45) is 0 Å². The molecule has 0 heterocycles. The lowest BCUT2D eigenvalue weighted by atomic mass is 10.1. The molecule has 18 heavy (non-hydrogen) atoms. The van der Waals surface area contributed by atoms with E-state index >= 15 is 0 Å². The Balaban J connectivity index is 3.03. The van der Waals surface area contributed by atoms with Gasteiger partial charge in [-0.25, -0.2) is 13.1 Å².